The predicted molar refractivity (Wildman–Crippen MR) is 142 cm³/mol. The fourth-order valence-corrected chi connectivity index (χ4v) is 4.32. The molecule has 1 aliphatic rings. The Morgan fingerprint density at radius 3 is 2.53 bits per heavy atom. The summed E-state index contributed by atoms with van der Waals surface area (Å²) in [5.74, 6) is 0.831. The van der Waals surface area contributed by atoms with Crippen molar-refractivity contribution in [3.8, 4) is 0 Å². The number of aromatic nitrogens is 2. The number of ether oxygens (including phenoxy) is 1. The third-order valence-electron chi connectivity index (χ3n) is 6.15. The molecule has 1 fully saturated rings. The number of hydrogen-bond acceptors (Lipinski definition) is 4. The lowest BCUT2D eigenvalue weighted by atomic mass is 10.0. The van der Waals surface area contributed by atoms with Crippen LogP contribution in [0.5, 0.6) is 0 Å². The quantitative estimate of drug-likeness (QED) is 0.313. The molecular formula is C24H39IN6O. The minimum atomic E-state index is 0. The van der Waals surface area contributed by atoms with Crippen molar-refractivity contribution in [3.63, 3.8) is 0 Å². The summed E-state index contributed by atoms with van der Waals surface area (Å²) in [4.78, 5) is 6.98. The normalized spacial score (nSPS) is 16.9. The van der Waals surface area contributed by atoms with E-state index in [9.17, 15) is 0 Å². The van der Waals surface area contributed by atoms with Crippen LogP contribution >= 0.6 is 24.0 Å². The number of guanidine groups is 1. The van der Waals surface area contributed by atoms with E-state index in [0.717, 1.165) is 50.9 Å². The number of morpholine rings is 1. The number of benzene rings is 1. The topological polar surface area (TPSA) is 66.7 Å². The van der Waals surface area contributed by atoms with Crippen molar-refractivity contribution in [3.05, 3.63) is 52.3 Å². The van der Waals surface area contributed by atoms with Gasteiger partial charge in [0.25, 0.3) is 0 Å². The van der Waals surface area contributed by atoms with E-state index in [-0.39, 0.29) is 36.1 Å². The van der Waals surface area contributed by atoms with Crippen molar-refractivity contribution >= 4 is 29.9 Å². The highest BCUT2D eigenvalue weighted by Crippen LogP contribution is 2.22. The van der Waals surface area contributed by atoms with E-state index in [2.05, 4.69) is 77.6 Å². The second kappa shape index (κ2) is 12.6. The van der Waals surface area contributed by atoms with E-state index in [4.69, 9.17) is 4.74 Å². The zero-order chi connectivity index (χ0) is 22.4. The maximum Gasteiger partial charge on any atom is 0.191 e. The lowest BCUT2D eigenvalue weighted by Gasteiger charge is -2.35. The van der Waals surface area contributed by atoms with Crippen LogP contribution in [0.1, 0.15) is 41.0 Å². The molecule has 2 aromatic rings. The van der Waals surface area contributed by atoms with Crippen molar-refractivity contribution in [2.45, 2.75) is 46.2 Å². The van der Waals surface area contributed by atoms with Gasteiger partial charge in [0.05, 0.1) is 24.9 Å². The summed E-state index contributed by atoms with van der Waals surface area (Å²) in [5.41, 5.74) is 6.25. The molecule has 2 atom stereocenters. The van der Waals surface area contributed by atoms with Crippen LogP contribution in [0.15, 0.2) is 29.3 Å². The molecule has 7 nitrogen and oxygen atoms in total. The van der Waals surface area contributed by atoms with E-state index in [1.54, 1.807) is 0 Å². The molecule has 0 bridgehead atoms. The molecule has 0 amide bonds. The number of nitrogens with zero attached hydrogens (tertiary/aromatic N) is 4. The van der Waals surface area contributed by atoms with Gasteiger partial charge in [-0.2, -0.15) is 5.10 Å². The Morgan fingerprint density at radius 2 is 1.94 bits per heavy atom. The highest BCUT2D eigenvalue weighted by atomic mass is 127. The Labute approximate surface area is 210 Å². The molecule has 2 unspecified atom stereocenters. The first-order valence-corrected chi connectivity index (χ1v) is 11.2. The molecular weight excluding hydrogens is 515 g/mol. The first-order chi connectivity index (χ1) is 14.9. The molecule has 2 heterocycles. The molecule has 1 saturated heterocycles. The second-order valence-corrected chi connectivity index (χ2v) is 8.55. The Morgan fingerprint density at radius 1 is 1.22 bits per heavy atom. The van der Waals surface area contributed by atoms with Crippen molar-refractivity contribution in [2.24, 2.45) is 12.0 Å². The Balaban J connectivity index is 0.00000363. The molecule has 8 heteroatoms. The van der Waals surface area contributed by atoms with Gasteiger partial charge in [-0.25, -0.2) is 0 Å². The molecule has 1 aromatic carbocycles. The molecule has 2 N–H and O–H groups in total. The molecule has 178 valence electrons. The van der Waals surface area contributed by atoms with Gasteiger partial charge in [-0.1, -0.05) is 29.8 Å². The SMILES string of the molecule is CN=C(NCC(c1cccc(C)c1)N1CCOCC1)NC(C)Cc1c(C)nn(C)c1C.I. The molecule has 1 aromatic heterocycles. The predicted octanol–water partition coefficient (Wildman–Crippen LogP) is 3.13. The minimum Gasteiger partial charge on any atom is -0.379 e. The molecule has 0 spiro atoms. The standard InChI is InChI=1S/C24H38N6O.HI/c1-17-8-7-9-21(14-17)23(30-10-12-31-13-11-30)16-26-24(25-5)27-18(2)15-22-19(3)28-29(6)20(22)4;/h7-9,14,18,23H,10-13,15-16H2,1-6H3,(H2,25,26,27);1H. The van der Waals surface area contributed by atoms with Gasteiger partial charge in [-0.05, 0) is 45.2 Å². The average Bonchev–Trinajstić information content (AvgIpc) is 2.99. The van der Waals surface area contributed by atoms with E-state index in [1.165, 1.54) is 22.4 Å². The Kier molecular flexibility index (Phi) is 10.4. The van der Waals surface area contributed by atoms with Crippen LogP contribution in [-0.2, 0) is 18.2 Å². The summed E-state index contributed by atoms with van der Waals surface area (Å²) >= 11 is 0. The number of halogens is 1. The van der Waals surface area contributed by atoms with Crippen LogP contribution in [0.2, 0.25) is 0 Å². The van der Waals surface area contributed by atoms with E-state index < -0.39 is 0 Å². The van der Waals surface area contributed by atoms with Crippen LogP contribution < -0.4 is 10.6 Å². The fraction of sp³-hybridized carbons (Fsp3) is 0.583. The first-order valence-electron chi connectivity index (χ1n) is 11.2. The third-order valence-corrected chi connectivity index (χ3v) is 6.15. The van der Waals surface area contributed by atoms with Crippen LogP contribution in [0.25, 0.3) is 0 Å². The summed E-state index contributed by atoms with van der Waals surface area (Å²) in [6.07, 6.45) is 0.914. The van der Waals surface area contributed by atoms with Crippen molar-refractivity contribution in [2.75, 3.05) is 39.9 Å². The van der Waals surface area contributed by atoms with E-state index in [1.807, 2.05) is 18.8 Å². The largest absolute Gasteiger partial charge is 0.379 e. The van der Waals surface area contributed by atoms with Gasteiger partial charge in [0.15, 0.2) is 5.96 Å². The fourth-order valence-electron chi connectivity index (χ4n) is 4.32. The maximum absolute atomic E-state index is 5.58. The van der Waals surface area contributed by atoms with Crippen molar-refractivity contribution in [1.29, 1.82) is 0 Å². The van der Waals surface area contributed by atoms with Crippen LogP contribution in [-0.4, -0.2) is 66.6 Å². The average molecular weight is 555 g/mol. The zero-order valence-corrected chi connectivity index (χ0v) is 22.6. The lowest BCUT2D eigenvalue weighted by molar-refractivity contribution is 0.0170. The number of hydrogen-bond donors (Lipinski definition) is 2. The number of aliphatic imine (C=N–C) groups is 1. The van der Waals surface area contributed by atoms with E-state index >= 15 is 0 Å². The Hall–Kier alpha value is -1.65. The van der Waals surface area contributed by atoms with Gasteiger partial charge in [-0.15, -0.1) is 24.0 Å². The monoisotopic (exact) mass is 554 g/mol. The van der Waals surface area contributed by atoms with Crippen LogP contribution in [0.4, 0.5) is 0 Å². The van der Waals surface area contributed by atoms with Gasteiger partial charge in [-0.3, -0.25) is 14.6 Å². The number of rotatable bonds is 7. The van der Waals surface area contributed by atoms with Gasteiger partial charge in [0, 0.05) is 45.5 Å². The van der Waals surface area contributed by atoms with Gasteiger partial charge >= 0.3 is 0 Å². The Bertz CT molecular complexity index is 891. The second-order valence-electron chi connectivity index (χ2n) is 8.55. The number of nitrogens with one attached hydrogen (secondary N) is 2. The maximum atomic E-state index is 5.58. The van der Waals surface area contributed by atoms with Crippen molar-refractivity contribution < 1.29 is 4.74 Å². The third kappa shape index (κ3) is 6.92. The van der Waals surface area contributed by atoms with Crippen LogP contribution in [0, 0.1) is 20.8 Å². The summed E-state index contributed by atoms with van der Waals surface area (Å²) < 4.78 is 7.54. The summed E-state index contributed by atoms with van der Waals surface area (Å²) in [6, 6.07) is 9.33. The summed E-state index contributed by atoms with van der Waals surface area (Å²) in [5, 5.41) is 11.7. The zero-order valence-electron chi connectivity index (χ0n) is 20.3. The molecule has 32 heavy (non-hydrogen) atoms. The van der Waals surface area contributed by atoms with E-state index in [0.29, 0.717) is 0 Å². The lowest BCUT2D eigenvalue weighted by Crippen LogP contribution is -2.48. The smallest absolute Gasteiger partial charge is 0.191 e. The molecule has 0 radical (unpaired) electrons. The molecule has 0 aliphatic carbocycles. The summed E-state index contributed by atoms with van der Waals surface area (Å²) in [7, 11) is 3.83. The van der Waals surface area contributed by atoms with Crippen molar-refractivity contribution in [1.82, 2.24) is 25.3 Å². The highest BCUT2D eigenvalue weighted by molar-refractivity contribution is 14.0. The molecule has 0 saturated carbocycles. The van der Waals surface area contributed by atoms with Crippen LogP contribution in [0.3, 0.4) is 0 Å². The van der Waals surface area contributed by atoms with Gasteiger partial charge < -0.3 is 15.4 Å². The van der Waals surface area contributed by atoms with Gasteiger partial charge in [0.1, 0.15) is 0 Å². The highest BCUT2D eigenvalue weighted by Gasteiger charge is 2.23. The number of aryl methyl sites for hydroxylation is 3. The summed E-state index contributed by atoms with van der Waals surface area (Å²) in [6.45, 7) is 12.8. The first kappa shape index (κ1) is 26.6. The molecule has 3 rings (SSSR count). The minimum absolute atomic E-state index is 0. The van der Waals surface area contributed by atoms with Gasteiger partial charge in [0.2, 0.25) is 0 Å². The molecule has 1 aliphatic heterocycles.